The molecule has 5 heteroatoms. The molecule has 0 heterocycles. The van der Waals surface area contributed by atoms with Crippen LogP contribution in [0.1, 0.15) is 50.2 Å². The minimum absolute atomic E-state index is 0.119. The third-order valence-corrected chi connectivity index (χ3v) is 4.42. The summed E-state index contributed by atoms with van der Waals surface area (Å²) >= 11 is 6.11. The fourth-order valence-electron chi connectivity index (χ4n) is 2.93. The van der Waals surface area contributed by atoms with Gasteiger partial charge < -0.3 is 5.11 Å². The van der Waals surface area contributed by atoms with Gasteiger partial charge in [0, 0.05) is 17.5 Å². The second kappa shape index (κ2) is 5.32. The monoisotopic (exact) mass is 302 g/mol. The quantitative estimate of drug-likeness (QED) is 0.875. The maximum Gasteiger partial charge on any atom is 0.314 e. The van der Waals surface area contributed by atoms with Crippen LogP contribution < -0.4 is 0 Å². The summed E-state index contributed by atoms with van der Waals surface area (Å²) in [6.45, 7) is 0.798. The van der Waals surface area contributed by atoms with Crippen LogP contribution in [-0.4, -0.2) is 11.1 Å². The highest BCUT2D eigenvalue weighted by molar-refractivity contribution is 6.31. The van der Waals surface area contributed by atoms with Crippen LogP contribution in [0.2, 0.25) is 5.02 Å². The summed E-state index contributed by atoms with van der Waals surface area (Å²) in [5, 5.41) is 9.71. The summed E-state index contributed by atoms with van der Waals surface area (Å²) in [5.74, 6) is -3.90. The van der Waals surface area contributed by atoms with E-state index in [2.05, 4.69) is 0 Å². The molecule has 0 aromatic heterocycles. The highest BCUT2D eigenvalue weighted by Gasteiger charge is 2.43. The van der Waals surface area contributed by atoms with Gasteiger partial charge in [-0.2, -0.15) is 0 Å². The Hall–Kier alpha value is -1.16. The zero-order valence-electron chi connectivity index (χ0n) is 11.3. The van der Waals surface area contributed by atoms with Crippen molar-refractivity contribution in [1.82, 2.24) is 0 Å². The lowest BCUT2D eigenvalue weighted by atomic mass is 9.69. The molecule has 2 rings (SSSR count). The molecule has 0 amide bonds. The number of carboxylic acid groups (broad SMARTS) is 1. The van der Waals surface area contributed by atoms with Gasteiger partial charge in [0.25, 0.3) is 5.92 Å². The fourth-order valence-corrected chi connectivity index (χ4v) is 3.29. The average Bonchev–Trinajstić information content (AvgIpc) is 2.38. The molecule has 0 radical (unpaired) electrons. The Balaban J connectivity index is 2.48. The van der Waals surface area contributed by atoms with Crippen LogP contribution in [-0.2, 0) is 16.1 Å². The van der Waals surface area contributed by atoms with Crippen LogP contribution in [0.15, 0.2) is 18.2 Å². The predicted octanol–water partition coefficient (Wildman–Crippen LogP) is 4.74. The first-order valence-electron chi connectivity index (χ1n) is 6.69. The van der Waals surface area contributed by atoms with Crippen LogP contribution in [0, 0.1) is 0 Å². The molecule has 20 heavy (non-hydrogen) atoms. The van der Waals surface area contributed by atoms with E-state index in [4.69, 9.17) is 11.6 Å². The molecule has 0 saturated heterocycles. The molecule has 0 unspecified atom stereocenters. The number of rotatable bonds is 3. The van der Waals surface area contributed by atoms with E-state index >= 15 is 0 Å². The molecule has 0 spiro atoms. The lowest BCUT2D eigenvalue weighted by Crippen LogP contribution is -2.38. The third-order valence-electron chi connectivity index (χ3n) is 4.11. The molecule has 110 valence electrons. The number of aliphatic carboxylic acids is 1. The van der Waals surface area contributed by atoms with Crippen molar-refractivity contribution in [3.63, 3.8) is 0 Å². The normalized spacial score (nSPS) is 18.8. The van der Waals surface area contributed by atoms with Gasteiger partial charge in [-0.3, -0.25) is 4.79 Å². The highest BCUT2D eigenvalue weighted by Crippen LogP contribution is 2.43. The van der Waals surface area contributed by atoms with Gasteiger partial charge in [-0.15, -0.1) is 0 Å². The van der Waals surface area contributed by atoms with Crippen LogP contribution >= 0.6 is 11.6 Å². The number of hydrogen-bond acceptors (Lipinski definition) is 1. The van der Waals surface area contributed by atoms with E-state index in [9.17, 15) is 18.7 Å². The van der Waals surface area contributed by atoms with Gasteiger partial charge in [-0.25, -0.2) is 8.78 Å². The number of benzene rings is 1. The number of carboxylic acids is 1. The summed E-state index contributed by atoms with van der Waals surface area (Å²) < 4.78 is 26.6. The summed E-state index contributed by atoms with van der Waals surface area (Å²) in [6, 6.07) is 3.92. The van der Waals surface area contributed by atoms with Crippen molar-refractivity contribution in [3.05, 3.63) is 34.3 Å². The molecule has 1 aromatic rings. The van der Waals surface area contributed by atoms with Gasteiger partial charge in [-0.1, -0.05) is 43.0 Å². The molecule has 2 nitrogen and oxygen atoms in total. The minimum atomic E-state index is -2.98. The van der Waals surface area contributed by atoms with Gasteiger partial charge >= 0.3 is 5.97 Å². The summed E-state index contributed by atoms with van der Waals surface area (Å²) in [6.07, 6.45) is 3.63. The molecule has 1 fully saturated rings. The first kappa shape index (κ1) is 15.2. The van der Waals surface area contributed by atoms with E-state index < -0.39 is 17.3 Å². The Bertz CT molecular complexity index is 517. The molecule has 1 aromatic carbocycles. The van der Waals surface area contributed by atoms with Crippen LogP contribution in [0.4, 0.5) is 8.78 Å². The minimum Gasteiger partial charge on any atom is -0.481 e. The molecular formula is C15H17ClF2O2. The van der Waals surface area contributed by atoms with Gasteiger partial charge in [0.1, 0.15) is 0 Å². The van der Waals surface area contributed by atoms with Gasteiger partial charge in [-0.05, 0) is 24.5 Å². The highest BCUT2D eigenvalue weighted by atomic mass is 35.5. The van der Waals surface area contributed by atoms with Crippen LogP contribution in [0.3, 0.4) is 0 Å². The molecule has 0 atom stereocenters. The summed E-state index contributed by atoms with van der Waals surface area (Å²) in [5.41, 5.74) is -0.765. The van der Waals surface area contributed by atoms with Crippen molar-refractivity contribution in [3.8, 4) is 0 Å². The standard InChI is InChI=1S/C15H17ClF2O2/c1-14(17,18)10-5-6-11(12(16)9-10)15(13(19)20)7-3-2-4-8-15/h5-6,9H,2-4,7-8H2,1H3,(H,19,20). The Labute approximate surface area is 121 Å². The molecule has 0 aliphatic heterocycles. The van der Waals surface area contributed by atoms with Crippen LogP contribution in [0.25, 0.3) is 0 Å². The van der Waals surface area contributed by atoms with Crippen molar-refractivity contribution >= 4 is 17.6 Å². The Morgan fingerprint density at radius 2 is 1.90 bits per heavy atom. The van der Waals surface area contributed by atoms with Crippen molar-refractivity contribution in [2.75, 3.05) is 0 Å². The maximum atomic E-state index is 13.3. The third kappa shape index (κ3) is 2.66. The van der Waals surface area contributed by atoms with E-state index in [1.807, 2.05) is 0 Å². The predicted molar refractivity (Wildman–Crippen MR) is 73.4 cm³/mol. The molecule has 1 saturated carbocycles. The molecule has 1 aliphatic carbocycles. The molecular weight excluding hydrogens is 286 g/mol. The van der Waals surface area contributed by atoms with Crippen LogP contribution in [0.5, 0.6) is 0 Å². The van der Waals surface area contributed by atoms with Crippen molar-refractivity contribution in [1.29, 1.82) is 0 Å². The first-order valence-corrected chi connectivity index (χ1v) is 7.07. The van der Waals surface area contributed by atoms with Crippen molar-refractivity contribution in [2.24, 2.45) is 0 Å². The summed E-state index contributed by atoms with van der Waals surface area (Å²) in [4.78, 5) is 11.7. The van der Waals surface area contributed by atoms with E-state index in [1.54, 1.807) is 0 Å². The SMILES string of the molecule is CC(F)(F)c1ccc(C2(C(=O)O)CCCCC2)c(Cl)c1. The number of alkyl halides is 2. The lowest BCUT2D eigenvalue weighted by molar-refractivity contribution is -0.145. The Morgan fingerprint density at radius 1 is 1.30 bits per heavy atom. The second-order valence-corrected chi connectivity index (χ2v) is 5.94. The first-order chi connectivity index (χ1) is 9.27. The lowest BCUT2D eigenvalue weighted by Gasteiger charge is -2.34. The number of halogens is 3. The van der Waals surface area contributed by atoms with Gasteiger partial charge in [0.2, 0.25) is 0 Å². The molecule has 0 bridgehead atoms. The smallest absolute Gasteiger partial charge is 0.314 e. The van der Waals surface area contributed by atoms with Crippen molar-refractivity contribution < 1.29 is 18.7 Å². The van der Waals surface area contributed by atoms with E-state index in [1.165, 1.54) is 18.2 Å². The fraction of sp³-hybridized carbons (Fsp3) is 0.533. The topological polar surface area (TPSA) is 37.3 Å². The largest absolute Gasteiger partial charge is 0.481 e. The average molecular weight is 303 g/mol. The maximum absolute atomic E-state index is 13.3. The van der Waals surface area contributed by atoms with Gasteiger partial charge in [0.05, 0.1) is 5.41 Å². The van der Waals surface area contributed by atoms with E-state index in [-0.39, 0.29) is 10.6 Å². The van der Waals surface area contributed by atoms with E-state index in [0.717, 1.165) is 26.2 Å². The van der Waals surface area contributed by atoms with Gasteiger partial charge in [0.15, 0.2) is 0 Å². The number of carbonyl (C=O) groups is 1. The van der Waals surface area contributed by atoms with E-state index in [0.29, 0.717) is 18.4 Å². The second-order valence-electron chi connectivity index (χ2n) is 5.53. The summed E-state index contributed by atoms with van der Waals surface area (Å²) in [7, 11) is 0. The zero-order valence-corrected chi connectivity index (χ0v) is 12.0. The molecule has 1 aliphatic rings. The van der Waals surface area contributed by atoms with Crippen molar-refractivity contribution in [2.45, 2.75) is 50.4 Å². The number of hydrogen-bond donors (Lipinski definition) is 1. The Kier molecular flexibility index (Phi) is 4.05. The Morgan fingerprint density at radius 3 is 2.35 bits per heavy atom. The zero-order chi connectivity index (χ0) is 15.0. The molecule has 1 N–H and O–H groups in total.